The Labute approximate surface area is 131 Å². The fourth-order valence-electron chi connectivity index (χ4n) is 2.80. The number of hydrogen-bond donors (Lipinski definition) is 2. The van der Waals surface area contributed by atoms with Gasteiger partial charge in [0.15, 0.2) is 0 Å². The molecule has 2 aliphatic rings. The van der Waals surface area contributed by atoms with Gasteiger partial charge in [0.2, 0.25) is 10.0 Å². The van der Waals surface area contributed by atoms with Crippen LogP contribution in [0.15, 0.2) is 23.1 Å². The van der Waals surface area contributed by atoms with Gasteiger partial charge in [0.25, 0.3) is 0 Å². The van der Waals surface area contributed by atoms with Gasteiger partial charge in [-0.15, -0.1) is 0 Å². The Balaban J connectivity index is 1.84. The van der Waals surface area contributed by atoms with E-state index in [1.54, 1.807) is 12.1 Å². The summed E-state index contributed by atoms with van der Waals surface area (Å²) in [5, 5.41) is 3.31. The topological polar surface area (TPSA) is 58.2 Å². The van der Waals surface area contributed by atoms with E-state index < -0.39 is 10.0 Å². The van der Waals surface area contributed by atoms with Crippen molar-refractivity contribution in [2.45, 2.75) is 43.2 Å². The minimum atomic E-state index is -3.55. The highest BCUT2D eigenvalue weighted by Crippen LogP contribution is 2.45. The minimum absolute atomic E-state index is 0.0963. The molecule has 4 nitrogen and oxygen atoms in total. The molecule has 0 radical (unpaired) electrons. The first-order chi connectivity index (χ1) is 10.0. The lowest BCUT2D eigenvalue weighted by molar-refractivity contribution is 0.471. The van der Waals surface area contributed by atoms with Crippen LogP contribution in [-0.4, -0.2) is 21.5 Å². The highest BCUT2D eigenvalue weighted by atomic mass is 35.5. The molecule has 2 N–H and O–H groups in total. The molecule has 21 heavy (non-hydrogen) atoms. The summed E-state index contributed by atoms with van der Waals surface area (Å²) in [6, 6.07) is 5.26. The molecule has 0 unspecified atom stereocenters. The van der Waals surface area contributed by atoms with E-state index in [1.165, 1.54) is 0 Å². The quantitative estimate of drug-likeness (QED) is 0.808. The second kappa shape index (κ2) is 5.88. The van der Waals surface area contributed by atoms with Gasteiger partial charge in [-0.1, -0.05) is 17.7 Å². The van der Waals surface area contributed by atoms with Gasteiger partial charge in [-0.3, -0.25) is 0 Å². The van der Waals surface area contributed by atoms with E-state index in [4.69, 9.17) is 11.6 Å². The Morgan fingerprint density at radius 3 is 2.38 bits per heavy atom. The van der Waals surface area contributed by atoms with E-state index in [0.29, 0.717) is 18.4 Å². The summed E-state index contributed by atoms with van der Waals surface area (Å²) in [7, 11) is -1.72. The number of halogens is 1. The zero-order valence-corrected chi connectivity index (χ0v) is 13.7. The van der Waals surface area contributed by atoms with Crippen LogP contribution in [0.4, 0.5) is 0 Å². The molecular weight excluding hydrogens is 308 g/mol. The van der Waals surface area contributed by atoms with Crippen molar-refractivity contribution in [3.05, 3.63) is 28.8 Å². The number of sulfonamides is 1. The molecule has 0 aliphatic heterocycles. The van der Waals surface area contributed by atoms with Crippen molar-refractivity contribution in [2.24, 2.45) is 11.8 Å². The van der Waals surface area contributed by atoms with Gasteiger partial charge in [0.1, 0.15) is 4.90 Å². The maximum absolute atomic E-state index is 12.7. The summed E-state index contributed by atoms with van der Waals surface area (Å²) >= 11 is 6.12. The predicted octanol–water partition coefficient (Wildman–Crippen LogP) is 2.53. The van der Waals surface area contributed by atoms with Crippen LogP contribution in [0.1, 0.15) is 31.2 Å². The normalized spacial score (nSPS) is 19.2. The Hall–Kier alpha value is -0.620. The van der Waals surface area contributed by atoms with Gasteiger partial charge in [-0.25, -0.2) is 13.1 Å². The first kappa shape index (κ1) is 15.3. The van der Waals surface area contributed by atoms with Gasteiger partial charge >= 0.3 is 0 Å². The van der Waals surface area contributed by atoms with Crippen LogP contribution in [0, 0.1) is 11.8 Å². The van der Waals surface area contributed by atoms with Crippen LogP contribution in [-0.2, 0) is 16.6 Å². The highest BCUT2D eigenvalue weighted by Gasteiger charge is 2.43. The average molecular weight is 329 g/mol. The SMILES string of the molecule is CNCc1ccc(Cl)c(S(=O)(=O)NC(C2CC2)C2CC2)c1. The van der Waals surface area contributed by atoms with Crippen molar-refractivity contribution >= 4 is 21.6 Å². The third-order valence-electron chi connectivity index (χ3n) is 4.22. The third kappa shape index (κ3) is 3.59. The van der Waals surface area contributed by atoms with Crippen LogP contribution >= 0.6 is 11.6 Å². The lowest BCUT2D eigenvalue weighted by Crippen LogP contribution is -2.38. The molecule has 1 aromatic carbocycles. The average Bonchev–Trinajstić information content (AvgIpc) is 3.30. The Kier molecular flexibility index (Phi) is 4.28. The van der Waals surface area contributed by atoms with E-state index in [2.05, 4.69) is 10.0 Å². The lowest BCUT2D eigenvalue weighted by Gasteiger charge is -2.18. The second-order valence-electron chi connectivity index (χ2n) is 6.12. The Bertz CT molecular complexity index is 613. The van der Waals surface area contributed by atoms with Crippen molar-refractivity contribution in [3.63, 3.8) is 0 Å². The van der Waals surface area contributed by atoms with E-state index >= 15 is 0 Å². The second-order valence-corrected chi connectivity index (χ2v) is 8.21. The summed E-state index contributed by atoms with van der Waals surface area (Å²) in [5.74, 6) is 1.04. The number of nitrogens with one attached hydrogen (secondary N) is 2. The number of hydrogen-bond acceptors (Lipinski definition) is 3. The molecule has 0 heterocycles. The van der Waals surface area contributed by atoms with Gasteiger partial charge in [-0.05, 0) is 62.3 Å². The maximum Gasteiger partial charge on any atom is 0.242 e. The van der Waals surface area contributed by atoms with Gasteiger partial charge in [-0.2, -0.15) is 0 Å². The van der Waals surface area contributed by atoms with Crippen LogP contribution in [0.25, 0.3) is 0 Å². The minimum Gasteiger partial charge on any atom is -0.316 e. The van der Waals surface area contributed by atoms with Crippen molar-refractivity contribution < 1.29 is 8.42 Å². The zero-order chi connectivity index (χ0) is 15.0. The molecule has 2 saturated carbocycles. The third-order valence-corrected chi connectivity index (χ3v) is 6.16. The molecule has 0 atom stereocenters. The highest BCUT2D eigenvalue weighted by molar-refractivity contribution is 7.89. The molecule has 3 rings (SSSR count). The Morgan fingerprint density at radius 1 is 1.24 bits per heavy atom. The first-order valence-corrected chi connectivity index (χ1v) is 9.33. The standard InChI is InChI=1S/C15H21ClN2O2S/c1-17-9-10-2-7-13(16)14(8-10)21(19,20)18-15(11-3-4-11)12-5-6-12/h2,7-8,11-12,15,17-18H,3-6,9H2,1H3. The molecule has 0 aromatic heterocycles. The van der Waals surface area contributed by atoms with E-state index in [0.717, 1.165) is 31.2 Å². The molecule has 1 aromatic rings. The summed E-state index contributed by atoms with van der Waals surface area (Å²) < 4.78 is 28.2. The van der Waals surface area contributed by atoms with E-state index in [-0.39, 0.29) is 16.0 Å². The van der Waals surface area contributed by atoms with Crippen LogP contribution in [0.2, 0.25) is 5.02 Å². The molecule has 0 spiro atoms. The summed E-state index contributed by atoms with van der Waals surface area (Å²) in [5.41, 5.74) is 0.914. The number of rotatable bonds is 7. The van der Waals surface area contributed by atoms with Crippen molar-refractivity contribution in [1.82, 2.24) is 10.0 Å². The maximum atomic E-state index is 12.7. The summed E-state index contributed by atoms with van der Waals surface area (Å²) in [4.78, 5) is 0.197. The molecular formula is C15H21ClN2O2S. The van der Waals surface area contributed by atoms with Crippen molar-refractivity contribution in [3.8, 4) is 0 Å². The van der Waals surface area contributed by atoms with Gasteiger partial charge in [0.05, 0.1) is 5.02 Å². The Morgan fingerprint density at radius 2 is 1.86 bits per heavy atom. The number of benzene rings is 1. The van der Waals surface area contributed by atoms with Crippen LogP contribution < -0.4 is 10.0 Å². The fraction of sp³-hybridized carbons (Fsp3) is 0.600. The van der Waals surface area contributed by atoms with Crippen molar-refractivity contribution in [2.75, 3.05) is 7.05 Å². The molecule has 0 saturated heterocycles. The van der Waals surface area contributed by atoms with Crippen LogP contribution in [0.3, 0.4) is 0 Å². The fourth-order valence-corrected chi connectivity index (χ4v) is 4.72. The molecule has 2 aliphatic carbocycles. The molecule has 0 bridgehead atoms. The van der Waals surface area contributed by atoms with E-state index in [1.807, 2.05) is 13.1 Å². The summed E-state index contributed by atoms with van der Waals surface area (Å²) in [6.07, 6.45) is 4.54. The summed E-state index contributed by atoms with van der Waals surface area (Å²) in [6.45, 7) is 0.619. The monoisotopic (exact) mass is 328 g/mol. The molecule has 116 valence electrons. The largest absolute Gasteiger partial charge is 0.316 e. The molecule has 0 amide bonds. The lowest BCUT2D eigenvalue weighted by atomic mass is 10.1. The van der Waals surface area contributed by atoms with Crippen LogP contribution in [0.5, 0.6) is 0 Å². The first-order valence-electron chi connectivity index (χ1n) is 7.46. The zero-order valence-electron chi connectivity index (χ0n) is 12.1. The van der Waals surface area contributed by atoms with E-state index in [9.17, 15) is 8.42 Å². The van der Waals surface area contributed by atoms with Gasteiger partial charge < -0.3 is 5.32 Å². The predicted molar refractivity (Wildman–Crippen MR) is 83.8 cm³/mol. The molecule has 6 heteroatoms. The van der Waals surface area contributed by atoms with Crippen molar-refractivity contribution in [1.29, 1.82) is 0 Å². The smallest absolute Gasteiger partial charge is 0.242 e. The molecule has 2 fully saturated rings. The van der Waals surface area contributed by atoms with Gasteiger partial charge in [0, 0.05) is 12.6 Å².